The van der Waals surface area contributed by atoms with Gasteiger partial charge in [-0.25, -0.2) is 0 Å². The van der Waals surface area contributed by atoms with Gasteiger partial charge in [0.2, 0.25) is 0 Å². The van der Waals surface area contributed by atoms with Crippen molar-refractivity contribution < 1.29 is 10.0 Å². The summed E-state index contributed by atoms with van der Waals surface area (Å²) in [5.41, 5.74) is 1.26. The Balaban J connectivity index is 2.80. The number of fused-ring (bicyclic) bond motifs is 1. The van der Waals surface area contributed by atoms with Gasteiger partial charge < -0.3 is 10.0 Å². The molecule has 0 aliphatic rings. The van der Waals surface area contributed by atoms with Gasteiger partial charge >= 0.3 is 7.12 Å². The van der Waals surface area contributed by atoms with Crippen LogP contribution in [0.1, 0.15) is 0 Å². The van der Waals surface area contributed by atoms with Crippen LogP contribution in [0.5, 0.6) is 0 Å². The first-order chi connectivity index (χ1) is 6.68. The van der Waals surface area contributed by atoms with Crippen LogP contribution in [-0.2, 0) is 0 Å². The zero-order chi connectivity index (χ0) is 10.1. The van der Waals surface area contributed by atoms with E-state index in [9.17, 15) is 0 Å². The monoisotopic (exact) mass is 208 g/mol. The third-order valence-corrected chi connectivity index (χ3v) is 2.06. The first kappa shape index (κ1) is 9.39. The lowest BCUT2D eigenvalue weighted by Crippen LogP contribution is -2.31. The quantitative estimate of drug-likeness (QED) is 0.646. The Hall–Kier alpha value is -1.17. The number of rotatable bonds is 1. The molecule has 0 saturated heterocycles. The molecule has 0 aliphatic heterocycles. The molecule has 1 heterocycles. The van der Waals surface area contributed by atoms with Gasteiger partial charge in [0.05, 0.1) is 11.0 Å². The zero-order valence-corrected chi connectivity index (χ0v) is 7.81. The molecule has 2 rings (SSSR count). The maximum atomic E-state index is 9.08. The van der Waals surface area contributed by atoms with Crippen molar-refractivity contribution in [1.29, 1.82) is 0 Å². The summed E-state index contributed by atoms with van der Waals surface area (Å²) in [6, 6.07) is 3.08. The van der Waals surface area contributed by atoms with Crippen molar-refractivity contribution in [2.75, 3.05) is 0 Å². The molecule has 0 amide bonds. The van der Waals surface area contributed by atoms with Crippen molar-refractivity contribution in [3.05, 3.63) is 29.5 Å². The Morgan fingerprint density at radius 3 is 2.57 bits per heavy atom. The van der Waals surface area contributed by atoms with Crippen LogP contribution < -0.4 is 5.46 Å². The standard InChI is InChI=1S/C8H6BClN2O2/c10-5-3-6(9(13)14)8-7(4-5)11-1-2-12-8/h1-4,13-14H. The van der Waals surface area contributed by atoms with Crippen LogP contribution in [0.4, 0.5) is 0 Å². The molecule has 1 aromatic carbocycles. The molecule has 0 atom stereocenters. The summed E-state index contributed by atoms with van der Waals surface area (Å²) < 4.78 is 0. The molecule has 0 radical (unpaired) electrons. The van der Waals surface area contributed by atoms with Crippen LogP contribution in [0, 0.1) is 0 Å². The highest BCUT2D eigenvalue weighted by molar-refractivity contribution is 6.62. The highest BCUT2D eigenvalue weighted by atomic mass is 35.5. The molecule has 6 heteroatoms. The molecular weight excluding hydrogens is 202 g/mol. The number of nitrogens with zero attached hydrogens (tertiary/aromatic N) is 2. The molecule has 0 unspecified atom stereocenters. The Labute approximate surface area is 85.3 Å². The molecule has 0 saturated carbocycles. The SMILES string of the molecule is OB(O)c1cc(Cl)cc2nccnc12. The maximum absolute atomic E-state index is 9.08. The molecule has 4 nitrogen and oxygen atoms in total. The fraction of sp³-hybridized carbons (Fsp3) is 0. The number of benzene rings is 1. The second-order valence-corrected chi connectivity index (χ2v) is 3.23. The molecule has 2 aromatic rings. The lowest BCUT2D eigenvalue weighted by Gasteiger charge is -2.04. The number of hydrogen-bond acceptors (Lipinski definition) is 4. The third-order valence-electron chi connectivity index (χ3n) is 1.85. The lowest BCUT2D eigenvalue weighted by molar-refractivity contribution is 0.426. The molecule has 14 heavy (non-hydrogen) atoms. The predicted octanol–water partition coefficient (Wildman–Crippen LogP) is -0.0370. The summed E-state index contributed by atoms with van der Waals surface area (Å²) in [5, 5.41) is 18.6. The summed E-state index contributed by atoms with van der Waals surface area (Å²) in [6.45, 7) is 0. The van der Waals surface area contributed by atoms with Crippen LogP contribution in [0.15, 0.2) is 24.5 Å². The molecule has 0 aliphatic carbocycles. The van der Waals surface area contributed by atoms with Gasteiger partial charge in [0.25, 0.3) is 0 Å². The van der Waals surface area contributed by atoms with Gasteiger partial charge in [-0.15, -0.1) is 0 Å². The van der Waals surface area contributed by atoms with Crippen molar-refractivity contribution in [1.82, 2.24) is 9.97 Å². The predicted molar refractivity (Wildman–Crippen MR) is 54.4 cm³/mol. The molecule has 70 valence electrons. The van der Waals surface area contributed by atoms with E-state index in [2.05, 4.69) is 9.97 Å². The van der Waals surface area contributed by atoms with E-state index in [4.69, 9.17) is 21.6 Å². The second-order valence-electron chi connectivity index (χ2n) is 2.79. The summed E-state index contributed by atoms with van der Waals surface area (Å²) in [7, 11) is -1.59. The fourth-order valence-electron chi connectivity index (χ4n) is 1.26. The average Bonchev–Trinajstić information content (AvgIpc) is 2.16. The van der Waals surface area contributed by atoms with E-state index in [1.165, 1.54) is 18.5 Å². The van der Waals surface area contributed by atoms with E-state index in [1.807, 2.05) is 0 Å². The first-order valence-corrected chi connectivity index (χ1v) is 4.32. The van der Waals surface area contributed by atoms with Crippen LogP contribution in [0.3, 0.4) is 0 Å². The minimum Gasteiger partial charge on any atom is -0.423 e. The summed E-state index contributed by atoms with van der Waals surface area (Å²) in [5.74, 6) is 0. The van der Waals surface area contributed by atoms with Crippen molar-refractivity contribution in [3.8, 4) is 0 Å². The number of aromatic nitrogens is 2. The van der Waals surface area contributed by atoms with E-state index in [0.29, 0.717) is 16.1 Å². The normalized spacial score (nSPS) is 10.5. The minimum atomic E-state index is -1.59. The van der Waals surface area contributed by atoms with Gasteiger partial charge in [-0.1, -0.05) is 11.6 Å². The first-order valence-electron chi connectivity index (χ1n) is 3.95. The topological polar surface area (TPSA) is 66.2 Å². The average molecular weight is 208 g/mol. The molecular formula is C8H6BClN2O2. The van der Waals surface area contributed by atoms with Crippen molar-refractivity contribution in [2.24, 2.45) is 0 Å². The summed E-state index contributed by atoms with van der Waals surface area (Å²) in [6.07, 6.45) is 3.01. The van der Waals surface area contributed by atoms with Gasteiger partial charge in [0.1, 0.15) is 0 Å². The van der Waals surface area contributed by atoms with Crippen molar-refractivity contribution >= 4 is 35.2 Å². The Morgan fingerprint density at radius 2 is 1.86 bits per heavy atom. The van der Waals surface area contributed by atoms with E-state index >= 15 is 0 Å². The highest BCUT2D eigenvalue weighted by Gasteiger charge is 2.16. The summed E-state index contributed by atoms with van der Waals surface area (Å²) in [4.78, 5) is 8.02. The van der Waals surface area contributed by atoms with Gasteiger partial charge in [0, 0.05) is 22.9 Å². The van der Waals surface area contributed by atoms with Gasteiger partial charge in [-0.2, -0.15) is 0 Å². The van der Waals surface area contributed by atoms with Crippen LogP contribution >= 0.6 is 11.6 Å². The largest absolute Gasteiger partial charge is 0.490 e. The van der Waals surface area contributed by atoms with E-state index in [1.54, 1.807) is 6.07 Å². The van der Waals surface area contributed by atoms with E-state index < -0.39 is 7.12 Å². The molecule has 0 fully saturated rings. The highest BCUT2D eigenvalue weighted by Crippen LogP contribution is 2.13. The smallest absolute Gasteiger partial charge is 0.423 e. The Bertz CT molecular complexity index is 478. The number of hydrogen-bond donors (Lipinski definition) is 2. The third kappa shape index (κ3) is 1.57. The fourth-order valence-corrected chi connectivity index (χ4v) is 1.48. The van der Waals surface area contributed by atoms with Gasteiger partial charge in [-0.05, 0) is 12.1 Å². The molecule has 1 aromatic heterocycles. The minimum absolute atomic E-state index is 0.264. The summed E-state index contributed by atoms with van der Waals surface area (Å²) >= 11 is 5.78. The van der Waals surface area contributed by atoms with Crippen LogP contribution in [-0.4, -0.2) is 27.1 Å². The van der Waals surface area contributed by atoms with Crippen molar-refractivity contribution in [3.63, 3.8) is 0 Å². The van der Waals surface area contributed by atoms with Crippen molar-refractivity contribution in [2.45, 2.75) is 0 Å². The lowest BCUT2D eigenvalue weighted by atomic mass is 9.79. The Kier molecular flexibility index (Phi) is 2.37. The zero-order valence-electron chi connectivity index (χ0n) is 7.05. The van der Waals surface area contributed by atoms with Crippen LogP contribution in [0.2, 0.25) is 5.02 Å². The second kappa shape index (κ2) is 3.53. The van der Waals surface area contributed by atoms with Gasteiger partial charge in [-0.3, -0.25) is 9.97 Å². The Morgan fingerprint density at radius 1 is 1.14 bits per heavy atom. The van der Waals surface area contributed by atoms with E-state index in [0.717, 1.165) is 0 Å². The van der Waals surface area contributed by atoms with Gasteiger partial charge in [0.15, 0.2) is 0 Å². The van der Waals surface area contributed by atoms with E-state index in [-0.39, 0.29) is 5.46 Å². The number of halogens is 1. The maximum Gasteiger partial charge on any atom is 0.490 e. The molecule has 0 bridgehead atoms. The molecule has 0 spiro atoms. The molecule has 2 N–H and O–H groups in total. The van der Waals surface area contributed by atoms with Crippen LogP contribution in [0.25, 0.3) is 11.0 Å².